The molecular formula is C17H17N3O2S. The monoisotopic (exact) mass is 327 g/mol. The number of aromatic nitrogens is 2. The van der Waals surface area contributed by atoms with Crippen molar-refractivity contribution in [1.29, 1.82) is 0 Å². The standard InChI is InChI=1S/C17H17N3O2S/c1-11-14(12-6-4-3-5-7-12)15-16(23-11)19-10-20(17(15)22)9-8-13(21)18-2/h3-7,10H,8-9H2,1-2H3,(H,18,21). The van der Waals surface area contributed by atoms with Gasteiger partial charge in [-0.05, 0) is 12.5 Å². The van der Waals surface area contributed by atoms with Crippen molar-refractivity contribution < 1.29 is 4.79 Å². The molecule has 0 aliphatic rings. The molecule has 2 aromatic heterocycles. The Morgan fingerprint density at radius 1 is 1.30 bits per heavy atom. The smallest absolute Gasteiger partial charge is 0.262 e. The summed E-state index contributed by atoms with van der Waals surface area (Å²) in [5.41, 5.74) is 1.86. The van der Waals surface area contributed by atoms with Crippen molar-refractivity contribution in [2.75, 3.05) is 7.05 Å². The van der Waals surface area contributed by atoms with Gasteiger partial charge in [-0.1, -0.05) is 30.3 Å². The van der Waals surface area contributed by atoms with E-state index in [-0.39, 0.29) is 17.9 Å². The maximum Gasteiger partial charge on any atom is 0.262 e. The summed E-state index contributed by atoms with van der Waals surface area (Å²) in [6.07, 6.45) is 1.78. The third-order valence-corrected chi connectivity index (χ3v) is 4.79. The first-order valence-corrected chi connectivity index (χ1v) is 8.18. The molecule has 0 atom stereocenters. The Kier molecular flexibility index (Phi) is 4.25. The van der Waals surface area contributed by atoms with Crippen LogP contribution in [0.3, 0.4) is 0 Å². The lowest BCUT2D eigenvalue weighted by molar-refractivity contribution is -0.120. The number of benzene rings is 1. The minimum absolute atomic E-state index is 0.0953. The van der Waals surface area contributed by atoms with Crippen molar-refractivity contribution in [1.82, 2.24) is 14.9 Å². The molecule has 0 aliphatic carbocycles. The van der Waals surface area contributed by atoms with Crippen molar-refractivity contribution in [2.45, 2.75) is 19.9 Å². The van der Waals surface area contributed by atoms with Gasteiger partial charge in [-0.3, -0.25) is 14.2 Å². The zero-order chi connectivity index (χ0) is 16.4. The Morgan fingerprint density at radius 3 is 2.74 bits per heavy atom. The Balaban J connectivity index is 2.13. The molecule has 0 spiro atoms. The highest BCUT2D eigenvalue weighted by atomic mass is 32.1. The van der Waals surface area contributed by atoms with E-state index in [2.05, 4.69) is 10.3 Å². The number of nitrogens with zero attached hydrogens (tertiary/aromatic N) is 2. The molecule has 6 heteroatoms. The lowest BCUT2D eigenvalue weighted by Gasteiger charge is -2.06. The van der Waals surface area contributed by atoms with Crippen LogP contribution in [0.5, 0.6) is 0 Å². The first-order valence-electron chi connectivity index (χ1n) is 7.36. The Morgan fingerprint density at radius 2 is 2.04 bits per heavy atom. The molecular weight excluding hydrogens is 310 g/mol. The van der Waals surface area contributed by atoms with Gasteiger partial charge in [-0.2, -0.15) is 0 Å². The van der Waals surface area contributed by atoms with Gasteiger partial charge in [0, 0.05) is 30.5 Å². The number of hydrogen-bond donors (Lipinski definition) is 1. The van der Waals surface area contributed by atoms with E-state index < -0.39 is 0 Å². The van der Waals surface area contributed by atoms with E-state index in [4.69, 9.17) is 0 Å². The van der Waals surface area contributed by atoms with Crippen LogP contribution in [0.4, 0.5) is 0 Å². The SMILES string of the molecule is CNC(=O)CCn1cnc2sc(C)c(-c3ccccc3)c2c1=O. The zero-order valence-corrected chi connectivity index (χ0v) is 13.8. The number of thiophene rings is 1. The molecule has 1 N–H and O–H groups in total. The fraction of sp³-hybridized carbons (Fsp3) is 0.235. The molecule has 0 radical (unpaired) electrons. The highest BCUT2D eigenvalue weighted by molar-refractivity contribution is 7.19. The number of carbonyl (C=O) groups excluding carboxylic acids is 1. The largest absolute Gasteiger partial charge is 0.359 e. The Hall–Kier alpha value is -2.47. The predicted octanol–water partition coefficient (Wildman–Crippen LogP) is 2.57. The maximum absolute atomic E-state index is 12.8. The van der Waals surface area contributed by atoms with E-state index >= 15 is 0 Å². The summed E-state index contributed by atoms with van der Waals surface area (Å²) in [5.74, 6) is -0.0956. The summed E-state index contributed by atoms with van der Waals surface area (Å²) in [6, 6.07) is 9.86. The van der Waals surface area contributed by atoms with E-state index in [9.17, 15) is 9.59 Å². The second kappa shape index (κ2) is 6.34. The van der Waals surface area contributed by atoms with Crippen molar-refractivity contribution in [2.24, 2.45) is 0 Å². The van der Waals surface area contributed by atoms with Crippen LogP contribution < -0.4 is 10.9 Å². The first kappa shape index (κ1) is 15.4. The van der Waals surface area contributed by atoms with E-state index in [1.807, 2.05) is 37.3 Å². The average molecular weight is 327 g/mol. The normalized spacial score (nSPS) is 10.9. The molecule has 0 bridgehead atoms. The van der Waals surface area contributed by atoms with Gasteiger partial charge < -0.3 is 5.32 Å². The molecule has 1 aromatic carbocycles. The van der Waals surface area contributed by atoms with Crippen molar-refractivity contribution in [3.05, 3.63) is 51.9 Å². The molecule has 0 saturated carbocycles. The predicted molar refractivity (Wildman–Crippen MR) is 92.7 cm³/mol. The highest BCUT2D eigenvalue weighted by Crippen LogP contribution is 2.35. The fourth-order valence-electron chi connectivity index (χ4n) is 2.60. The lowest BCUT2D eigenvalue weighted by atomic mass is 10.0. The molecule has 23 heavy (non-hydrogen) atoms. The zero-order valence-electron chi connectivity index (χ0n) is 13.0. The summed E-state index contributed by atoms with van der Waals surface area (Å²) in [6.45, 7) is 2.33. The summed E-state index contributed by atoms with van der Waals surface area (Å²) in [4.78, 5) is 30.5. The fourth-order valence-corrected chi connectivity index (χ4v) is 3.60. The molecule has 0 saturated heterocycles. The summed E-state index contributed by atoms with van der Waals surface area (Å²) in [5, 5.41) is 3.20. The van der Waals surface area contributed by atoms with Gasteiger partial charge in [0.05, 0.1) is 11.7 Å². The van der Waals surface area contributed by atoms with E-state index in [0.29, 0.717) is 11.9 Å². The molecule has 3 rings (SSSR count). The van der Waals surface area contributed by atoms with Crippen molar-refractivity contribution in [3.63, 3.8) is 0 Å². The summed E-state index contributed by atoms with van der Waals surface area (Å²) in [7, 11) is 1.59. The summed E-state index contributed by atoms with van der Waals surface area (Å²) < 4.78 is 1.51. The molecule has 118 valence electrons. The van der Waals surface area contributed by atoms with Crippen LogP contribution in [0.15, 0.2) is 41.5 Å². The molecule has 0 aliphatic heterocycles. The third-order valence-electron chi connectivity index (χ3n) is 3.78. The highest BCUT2D eigenvalue weighted by Gasteiger charge is 2.16. The number of aryl methyl sites for hydroxylation is 2. The van der Waals surface area contributed by atoms with Crippen molar-refractivity contribution >= 4 is 27.5 Å². The molecule has 3 aromatic rings. The van der Waals surface area contributed by atoms with Gasteiger partial charge >= 0.3 is 0 Å². The van der Waals surface area contributed by atoms with E-state index in [0.717, 1.165) is 20.8 Å². The molecule has 5 nitrogen and oxygen atoms in total. The minimum Gasteiger partial charge on any atom is -0.359 e. The average Bonchev–Trinajstić information content (AvgIpc) is 2.91. The van der Waals surface area contributed by atoms with Gasteiger partial charge in [0.15, 0.2) is 0 Å². The number of rotatable bonds is 4. The Labute approximate surface area is 137 Å². The number of amides is 1. The van der Waals surface area contributed by atoms with Crippen LogP contribution in [0.25, 0.3) is 21.3 Å². The Bertz CT molecular complexity index is 913. The van der Waals surface area contributed by atoms with Gasteiger partial charge in [-0.25, -0.2) is 4.98 Å². The minimum atomic E-state index is -0.0956. The second-order valence-corrected chi connectivity index (χ2v) is 6.45. The maximum atomic E-state index is 12.8. The van der Waals surface area contributed by atoms with Gasteiger partial charge in [0.25, 0.3) is 5.56 Å². The molecule has 0 fully saturated rings. The number of carbonyl (C=O) groups is 1. The second-order valence-electron chi connectivity index (χ2n) is 5.25. The van der Waals surface area contributed by atoms with Crippen LogP contribution >= 0.6 is 11.3 Å². The van der Waals surface area contributed by atoms with Gasteiger partial charge in [0.1, 0.15) is 4.83 Å². The first-order chi connectivity index (χ1) is 11.1. The molecule has 0 unspecified atom stereocenters. The molecule has 2 heterocycles. The lowest BCUT2D eigenvalue weighted by Crippen LogP contribution is -2.25. The van der Waals surface area contributed by atoms with Crippen LogP contribution in [0, 0.1) is 6.92 Å². The van der Waals surface area contributed by atoms with E-state index in [1.54, 1.807) is 7.05 Å². The quantitative estimate of drug-likeness (QED) is 0.801. The van der Waals surface area contributed by atoms with Gasteiger partial charge in [0.2, 0.25) is 5.91 Å². The van der Waals surface area contributed by atoms with Crippen LogP contribution in [0.2, 0.25) is 0 Å². The van der Waals surface area contributed by atoms with Crippen molar-refractivity contribution in [3.8, 4) is 11.1 Å². The summed E-state index contributed by atoms with van der Waals surface area (Å²) >= 11 is 1.52. The number of nitrogens with one attached hydrogen (secondary N) is 1. The van der Waals surface area contributed by atoms with Crippen LogP contribution in [-0.4, -0.2) is 22.5 Å². The van der Waals surface area contributed by atoms with Crippen LogP contribution in [-0.2, 0) is 11.3 Å². The van der Waals surface area contributed by atoms with E-state index in [1.165, 1.54) is 22.2 Å². The molecule has 1 amide bonds. The topological polar surface area (TPSA) is 64.0 Å². The van der Waals surface area contributed by atoms with Crippen LogP contribution in [0.1, 0.15) is 11.3 Å². The third kappa shape index (κ3) is 2.90. The number of hydrogen-bond acceptors (Lipinski definition) is 4. The van der Waals surface area contributed by atoms with Gasteiger partial charge in [-0.15, -0.1) is 11.3 Å². The number of fused-ring (bicyclic) bond motifs is 1.